The summed E-state index contributed by atoms with van der Waals surface area (Å²) in [6.45, 7) is 0. The highest BCUT2D eigenvalue weighted by atomic mass is 35.5. The van der Waals surface area contributed by atoms with Gasteiger partial charge in [0.1, 0.15) is 0 Å². The zero-order valence-electron chi connectivity index (χ0n) is 7.70. The molecule has 15 heavy (non-hydrogen) atoms. The number of rotatable bonds is 2. The van der Waals surface area contributed by atoms with Gasteiger partial charge in [-0.3, -0.25) is 0 Å². The lowest BCUT2D eigenvalue weighted by molar-refractivity contribution is -0.131. The van der Waals surface area contributed by atoms with E-state index in [1.807, 2.05) is 18.2 Å². The van der Waals surface area contributed by atoms with Crippen molar-refractivity contribution >= 4 is 34.5 Å². The van der Waals surface area contributed by atoms with Crippen LogP contribution in [0.2, 0.25) is 5.02 Å². The van der Waals surface area contributed by atoms with Gasteiger partial charge in [0.15, 0.2) is 0 Å². The molecule has 0 saturated heterocycles. The van der Waals surface area contributed by atoms with Crippen LogP contribution in [0.1, 0.15) is 5.69 Å². The number of aromatic nitrogens is 1. The van der Waals surface area contributed by atoms with Crippen molar-refractivity contribution in [3.05, 3.63) is 41.1 Å². The Hall–Kier alpha value is -1.74. The summed E-state index contributed by atoms with van der Waals surface area (Å²) in [6, 6.07) is 7.39. The highest BCUT2D eigenvalue weighted by molar-refractivity contribution is 6.35. The van der Waals surface area contributed by atoms with E-state index in [1.54, 1.807) is 6.07 Å². The van der Waals surface area contributed by atoms with Crippen LogP contribution < -0.4 is 0 Å². The number of nitrogens with one attached hydrogen (secondary N) is 1. The molecule has 3 nitrogen and oxygen atoms in total. The van der Waals surface area contributed by atoms with Crippen LogP contribution in [0, 0.1) is 0 Å². The first-order chi connectivity index (χ1) is 7.16. The van der Waals surface area contributed by atoms with E-state index in [9.17, 15) is 4.79 Å². The standard InChI is InChI=1S/C11H8ClNO2/c12-9-3-1-2-7-6-8(13-11(7)9)4-5-10(14)15/h1-6,13H,(H,14,15)/b5-4+. The van der Waals surface area contributed by atoms with Crippen LogP contribution in [0.25, 0.3) is 17.0 Å². The number of para-hydroxylation sites is 1. The lowest BCUT2D eigenvalue weighted by Crippen LogP contribution is -1.85. The lowest BCUT2D eigenvalue weighted by Gasteiger charge is -1.90. The zero-order valence-corrected chi connectivity index (χ0v) is 8.45. The van der Waals surface area contributed by atoms with Crippen LogP contribution in [-0.4, -0.2) is 16.1 Å². The number of carboxylic acids is 1. The SMILES string of the molecule is O=C(O)/C=C/c1cc2cccc(Cl)c2[nH]1. The number of aliphatic carboxylic acids is 1. The third-order valence-electron chi connectivity index (χ3n) is 2.03. The lowest BCUT2D eigenvalue weighted by atomic mass is 10.2. The van der Waals surface area contributed by atoms with Gasteiger partial charge in [-0.25, -0.2) is 4.79 Å². The van der Waals surface area contributed by atoms with Gasteiger partial charge >= 0.3 is 5.97 Å². The number of halogens is 1. The van der Waals surface area contributed by atoms with Crippen LogP contribution in [0.5, 0.6) is 0 Å². The molecule has 0 bridgehead atoms. The van der Waals surface area contributed by atoms with E-state index in [4.69, 9.17) is 16.7 Å². The molecule has 0 atom stereocenters. The van der Waals surface area contributed by atoms with Gasteiger partial charge in [-0.15, -0.1) is 0 Å². The highest BCUT2D eigenvalue weighted by Crippen LogP contribution is 2.23. The molecule has 0 radical (unpaired) electrons. The second-order valence-corrected chi connectivity index (χ2v) is 3.51. The summed E-state index contributed by atoms with van der Waals surface area (Å²) in [5.41, 5.74) is 1.55. The molecule has 0 aliphatic carbocycles. The molecular weight excluding hydrogens is 214 g/mol. The maximum atomic E-state index is 10.3. The smallest absolute Gasteiger partial charge is 0.328 e. The number of H-pyrrole nitrogens is 1. The number of carboxylic acid groups (broad SMARTS) is 1. The monoisotopic (exact) mass is 221 g/mol. The topological polar surface area (TPSA) is 53.1 Å². The molecule has 1 aromatic heterocycles. The van der Waals surface area contributed by atoms with Crippen LogP contribution in [0.4, 0.5) is 0 Å². The minimum Gasteiger partial charge on any atom is -0.478 e. The fourth-order valence-electron chi connectivity index (χ4n) is 1.39. The van der Waals surface area contributed by atoms with Crippen LogP contribution in [-0.2, 0) is 4.79 Å². The van der Waals surface area contributed by atoms with Gasteiger partial charge in [0, 0.05) is 17.2 Å². The minimum atomic E-state index is -0.972. The molecule has 0 amide bonds. The summed E-state index contributed by atoms with van der Waals surface area (Å²) in [6.07, 6.45) is 2.58. The molecule has 4 heteroatoms. The molecule has 0 fully saturated rings. The quantitative estimate of drug-likeness (QED) is 0.766. The summed E-state index contributed by atoms with van der Waals surface area (Å²) < 4.78 is 0. The zero-order chi connectivity index (χ0) is 10.8. The first-order valence-corrected chi connectivity index (χ1v) is 4.73. The summed E-state index contributed by atoms with van der Waals surface area (Å²) >= 11 is 5.96. The molecule has 2 aromatic rings. The van der Waals surface area contributed by atoms with E-state index in [0.29, 0.717) is 5.02 Å². The van der Waals surface area contributed by atoms with E-state index in [1.165, 1.54) is 6.08 Å². The van der Waals surface area contributed by atoms with E-state index in [0.717, 1.165) is 22.7 Å². The Balaban J connectivity index is 2.48. The first-order valence-electron chi connectivity index (χ1n) is 4.35. The van der Waals surface area contributed by atoms with Gasteiger partial charge in [-0.05, 0) is 18.2 Å². The normalized spacial score (nSPS) is 11.3. The van der Waals surface area contributed by atoms with Crippen molar-refractivity contribution in [3.8, 4) is 0 Å². The van der Waals surface area contributed by atoms with Gasteiger partial charge in [-0.1, -0.05) is 23.7 Å². The highest BCUT2D eigenvalue weighted by Gasteiger charge is 2.01. The molecular formula is C11H8ClNO2. The second-order valence-electron chi connectivity index (χ2n) is 3.10. The maximum absolute atomic E-state index is 10.3. The van der Waals surface area contributed by atoms with E-state index < -0.39 is 5.97 Å². The van der Waals surface area contributed by atoms with Gasteiger partial charge in [-0.2, -0.15) is 0 Å². The summed E-state index contributed by atoms with van der Waals surface area (Å²) in [5.74, 6) is -0.972. The van der Waals surface area contributed by atoms with Crippen molar-refractivity contribution in [3.63, 3.8) is 0 Å². The van der Waals surface area contributed by atoms with Gasteiger partial charge < -0.3 is 10.1 Å². The van der Waals surface area contributed by atoms with Gasteiger partial charge in [0.05, 0.1) is 10.5 Å². The Kier molecular flexibility index (Phi) is 2.47. The summed E-state index contributed by atoms with van der Waals surface area (Å²) in [5, 5.41) is 10.1. The van der Waals surface area contributed by atoms with E-state index in [-0.39, 0.29) is 0 Å². The Labute approximate surface area is 91.0 Å². The maximum Gasteiger partial charge on any atom is 0.328 e. The summed E-state index contributed by atoms with van der Waals surface area (Å²) in [4.78, 5) is 13.4. The molecule has 0 aliphatic rings. The number of aromatic amines is 1. The Bertz CT molecular complexity index is 543. The van der Waals surface area contributed by atoms with Crippen molar-refractivity contribution in [1.82, 2.24) is 4.98 Å². The average Bonchev–Trinajstić information content (AvgIpc) is 2.59. The fraction of sp³-hybridized carbons (Fsp3) is 0. The first kappa shape index (κ1) is 9.80. The van der Waals surface area contributed by atoms with E-state index in [2.05, 4.69) is 4.98 Å². The molecule has 0 saturated carbocycles. The van der Waals surface area contributed by atoms with Crippen molar-refractivity contribution in [2.45, 2.75) is 0 Å². The Morgan fingerprint density at radius 2 is 2.27 bits per heavy atom. The third kappa shape index (κ3) is 2.02. The van der Waals surface area contributed by atoms with Crippen molar-refractivity contribution in [1.29, 1.82) is 0 Å². The number of hydrogen-bond acceptors (Lipinski definition) is 1. The molecule has 2 rings (SSSR count). The van der Waals surface area contributed by atoms with E-state index >= 15 is 0 Å². The number of fused-ring (bicyclic) bond motifs is 1. The summed E-state index contributed by atoms with van der Waals surface area (Å²) in [7, 11) is 0. The number of benzene rings is 1. The van der Waals surface area contributed by atoms with Crippen molar-refractivity contribution in [2.24, 2.45) is 0 Å². The molecule has 0 unspecified atom stereocenters. The fourth-order valence-corrected chi connectivity index (χ4v) is 1.62. The minimum absolute atomic E-state index is 0.627. The molecule has 0 aliphatic heterocycles. The van der Waals surface area contributed by atoms with Crippen molar-refractivity contribution in [2.75, 3.05) is 0 Å². The number of carbonyl (C=O) groups is 1. The molecule has 0 spiro atoms. The second kappa shape index (κ2) is 3.79. The van der Waals surface area contributed by atoms with Crippen LogP contribution in [0.3, 0.4) is 0 Å². The molecule has 1 aromatic carbocycles. The van der Waals surface area contributed by atoms with Gasteiger partial charge in [0.2, 0.25) is 0 Å². The molecule has 76 valence electrons. The van der Waals surface area contributed by atoms with Gasteiger partial charge in [0.25, 0.3) is 0 Å². The Morgan fingerprint density at radius 3 is 2.93 bits per heavy atom. The predicted molar refractivity (Wildman–Crippen MR) is 60.0 cm³/mol. The molecule has 1 heterocycles. The predicted octanol–water partition coefficient (Wildman–Crippen LogP) is 2.92. The molecule has 2 N–H and O–H groups in total. The van der Waals surface area contributed by atoms with Crippen LogP contribution in [0.15, 0.2) is 30.3 Å². The number of hydrogen-bond donors (Lipinski definition) is 2. The average molecular weight is 222 g/mol. The van der Waals surface area contributed by atoms with Crippen molar-refractivity contribution < 1.29 is 9.90 Å². The van der Waals surface area contributed by atoms with Crippen LogP contribution >= 0.6 is 11.6 Å². The third-order valence-corrected chi connectivity index (χ3v) is 2.35. The Morgan fingerprint density at radius 1 is 1.47 bits per heavy atom. The largest absolute Gasteiger partial charge is 0.478 e.